The van der Waals surface area contributed by atoms with Gasteiger partial charge in [-0.05, 0) is 13.8 Å². The van der Waals surface area contributed by atoms with E-state index in [1.165, 1.54) is 0 Å². The fourth-order valence-electron chi connectivity index (χ4n) is 0.553. The molecule has 17 heavy (non-hydrogen) atoms. The maximum absolute atomic E-state index is 12.4. The predicted molar refractivity (Wildman–Crippen MR) is 51.7 cm³/mol. The van der Waals surface area contributed by atoms with E-state index < -0.39 is 24.4 Å². The van der Waals surface area contributed by atoms with Crippen molar-refractivity contribution in [2.75, 3.05) is 0 Å². The molecule has 0 aromatic heterocycles. The van der Waals surface area contributed by atoms with Gasteiger partial charge in [-0.25, -0.2) is 9.59 Å². The molecule has 0 atom stereocenters. The van der Waals surface area contributed by atoms with E-state index in [0.29, 0.717) is 0 Å². The zero-order valence-corrected chi connectivity index (χ0v) is 9.26. The van der Waals surface area contributed by atoms with Gasteiger partial charge in [0.15, 0.2) is 0 Å². The minimum Gasteiger partial charge on any atom is -0.412 e. The molecule has 0 aliphatic carbocycles. The molecule has 0 aromatic carbocycles. The smallest absolute Gasteiger partial charge is 0.412 e. The van der Waals surface area contributed by atoms with Crippen molar-refractivity contribution in [3.05, 3.63) is 24.3 Å². The number of rotatable bonds is 4. The highest BCUT2D eigenvalue weighted by Gasteiger charge is 2.46. The Kier molecular flexibility index (Phi) is 4.93. The van der Waals surface area contributed by atoms with Crippen LogP contribution in [0.4, 0.5) is 13.2 Å². The van der Waals surface area contributed by atoms with E-state index >= 15 is 0 Å². The summed E-state index contributed by atoms with van der Waals surface area (Å²) in [4.78, 5) is 21.8. The van der Waals surface area contributed by atoms with E-state index in [9.17, 15) is 22.8 Å². The van der Waals surface area contributed by atoms with E-state index in [-0.39, 0.29) is 11.1 Å². The SMILES string of the molecule is C=C(C)C(=O)OC(OC(=O)C(=C)C)C(F)(F)F. The molecule has 0 fully saturated rings. The van der Waals surface area contributed by atoms with Gasteiger partial charge in [0.25, 0.3) is 0 Å². The number of hydrogen-bond acceptors (Lipinski definition) is 4. The molecule has 0 amide bonds. The van der Waals surface area contributed by atoms with Gasteiger partial charge in [0.2, 0.25) is 0 Å². The minimum absolute atomic E-state index is 0.245. The Balaban J connectivity index is 4.80. The zero-order valence-electron chi connectivity index (χ0n) is 9.26. The molecule has 0 aliphatic heterocycles. The van der Waals surface area contributed by atoms with Crippen LogP contribution in [0.5, 0.6) is 0 Å². The van der Waals surface area contributed by atoms with Gasteiger partial charge in [-0.3, -0.25) is 0 Å². The summed E-state index contributed by atoms with van der Waals surface area (Å²) < 4.78 is 45.0. The molecule has 0 spiro atoms. The summed E-state index contributed by atoms with van der Waals surface area (Å²) in [5.74, 6) is -2.61. The van der Waals surface area contributed by atoms with Crippen LogP contribution in [0.3, 0.4) is 0 Å². The van der Waals surface area contributed by atoms with Crippen LogP contribution in [0.15, 0.2) is 24.3 Å². The first-order chi connectivity index (χ1) is 7.55. The third-order valence-corrected chi connectivity index (χ3v) is 1.39. The van der Waals surface area contributed by atoms with Gasteiger partial charge < -0.3 is 9.47 Å². The molecule has 0 radical (unpaired) electrons. The highest BCUT2D eigenvalue weighted by atomic mass is 19.4. The van der Waals surface area contributed by atoms with Gasteiger partial charge in [0.1, 0.15) is 0 Å². The maximum Gasteiger partial charge on any atom is 0.464 e. The van der Waals surface area contributed by atoms with Crippen molar-refractivity contribution in [1.82, 2.24) is 0 Å². The molecule has 0 aliphatic rings. The molecule has 0 N–H and O–H groups in total. The van der Waals surface area contributed by atoms with Gasteiger partial charge >= 0.3 is 24.4 Å². The normalized spacial score (nSPS) is 10.9. The molecular weight excluding hydrogens is 241 g/mol. The predicted octanol–water partition coefficient (Wildman–Crippen LogP) is 2.11. The fourth-order valence-corrected chi connectivity index (χ4v) is 0.553. The Morgan fingerprint density at radius 3 is 1.47 bits per heavy atom. The Morgan fingerprint density at radius 2 is 1.29 bits per heavy atom. The van der Waals surface area contributed by atoms with Crippen molar-refractivity contribution < 1.29 is 32.2 Å². The molecule has 0 saturated carbocycles. The summed E-state index contributed by atoms with van der Waals surface area (Å²) in [6, 6.07) is 0. The van der Waals surface area contributed by atoms with Crippen molar-refractivity contribution in [1.29, 1.82) is 0 Å². The molecular formula is C10H11F3O4. The third kappa shape index (κ3) is 5.19. The quantitative estimate of drug-likeness (QED) is 0.437. The number of carbonyl (C=O) groups excluding carboxylic acids is 2. The summed E-state index contributed by atoms with van der Waals surface area (Å²) >= 11 is 0. The van der Waals surface area contributed by atoms with E-state index in [4.69, 9.17) is 0 Å². The lowest BCUT2D eigenvalue weighted by atomic mass is 10.3. The summed E-state index contributed by atoms with van der Waals surface area (Å²) in [5, 5.41) is 0. The Labute approximate surface area is 95.7 Å². The van der Waals surface area contributed by atoms with Gasteiger partial charge in [0.05, 0.1) is 0 Å². The molecule has 0 unspecified atom stereocenters. The third-order valence-electron chi connectivity index (χ3n) is 1.39. The van der Waals surface area contributed by atoms with Crippen LogP contribution in [0.25, 0.3) is 0 Å². The number of esters is 2. The maximum atomic E-state index is 12.4. The van der Waals surface area contributed by atoms with Gasteiger partial charge in [0, 0.05) is 11.1 Å². The van der Waals surface area contributed by atoms with Crippen LogP contribution >= 0.6 is 0 Å². The lowest BCUT2D eigenvalue weighted by Crippen LogP contribution is -2.38. The van der Waals surface area contributed by atoms with Crippen molar-refractivity contribution in [2.24, 2.45) is 0 Å². The fraction of sp³-hybridized carbons (Fsp3) is 0.400. The largest absolute Gasteiger partial charge is 0.464 e. The molecule has 0 rings (SSSR count). The highest BCUT2D eigenvalue weighted by molar-refractivity contribution is 5.88. The second-order valence-electron chi connectivity index (χ2n) is 3.24. The van der Waals surface area contributed by atoms with Crippen molar-refractivity contribution >= 4 is 11.9 Å². The van der Waals surface area contributed by atoms with Crippen LogP contribution in [0.1, 0.15) is 13.8 Å². The number of carbonyl (C=O) groups is 2. The summed E-state index contributed by atoms with van der Waals surface area (Å²) in [5.41, 5.74) is -0.490. The molecule has 0 saturated heterocycles. The van der Waals surface area contributed by atoms with Gasteiger partial charge in [-0.15, -0.1) is 0 Å². The highest BCUT2D eigenvalue weighted by Crippen LogP contribution is 2.25. The summed E-state index contributed by atoms with van der Waals surface area (Å²) in [6.07, 6.45) is -7.98. The van der Waals surface area contributed by atoms with Crippen molar-refractivity contribution in [2.45, 2.75) is 26.3 Å². The van der Waals surface area contributed by atoms with E-state index in [1.54, 1.807) is 0 Å². The second-order valence-corrected chi connectivity index (χ2v) is 3.24. The monoisotopic (exact) mass is 252 g/mol. The number of ether oxygens (including phenoxy) is 2. The average molecular weight is 252 g/mol. The number of alkyl halides is 3. The Bertz CT molecular complexity index is 329. The van der Waals surface area contributed by atoms with E-state index in [1.807, 2.05) is 0 Å². The first kappa shape index (κ1) is 15.2. The lowest BCUT2D eigenvalue weighted by Gasteiger charge is -2.20. The summed E-state index contributed by atoms with van der Waals surface area (Å²) in [7, 11) is 0. The zero-order chi connectivity index (χ0) is 13.8. The minimum atomic E-state index is -5.02. The summed E-state index contributed by atoms with van der Waals surface area (Å²) in [6.45, 7) is 8.54. The van der Waals surface area contributed by atoms with Crippen molar-refractivity contribution in [3.63, 3.8) is 0 Å². The molecule has 96 valence electrons. The second kappa shape index (κ2) is 5.51. The lowest BCUT2D eigenvalue weighted by molar-refractivity contribution is -0.288. The molecule has 0 aromatic rings. The van der Waals surface area contributed by atoms with Crippen LogP contribution in [-0.2, 0) is 19.1 Å². The number of hydrogen-bond donors (Lipinski definition) is 0. The van der Waals surface area contributed by atoms with Crippen LogP contribution < -0.4 is 0 Å². The number of halogens is 3. The molecule has 7 heteroatoms. The van der Waals surface area contributed by atoms with Crippen LogP contribution in [0, 0.1) is 0 Å². The van der Waals surface area contributed by atoms with Gasteiger partial charge in [-0.1, -0.05) is 13.2 Å². The van der Waals surface area contributed by atoms with Crippen molar-refractivity contribution in [3.8, 4) is 0 Å². The molecule has 0 heterocycles. The van der Waals surface area contributed by atoms with Crippen LogP contribution in [0.2, 0.25) is 0 Å². The van der Waals surface area contributed by atoms with E-state index in [0.717, 1.165) is 13.8 Å². The Morgan fingerprint density at radius 1 is 1.00 bits per heavy atom. The standard InChI is InChI=1S/C10H11F3O4/c1-5(2)7(14)16-9(10(11,12)13)17-8(15)6(3)4/h9H,1,3H2,2,4H3. The molecule has 4 nitrogen and oxygen atoms in total. The topological polar surface area (TPSA) is 52.6 Å². The molecule has 0 bridgehead atoms. The van der Waals surface area contributed by atoms with Crippen LogP contribution in [-0.4, -0.2) is 24.4 Å². The Hall–Kier alpha value is -1.79. The first-order valence-electron chi connectivity index (χ1n) is 4.35. The van der Waals surface area contributed by atoms with E-state index in [2.05, 4.69) is 22.6 Å². The first-order valence-corrected chi connectivity index (χ1v) is 4.35. The van der Waals surface area contributed by atoms with Gasteiger partial charge in [-0.2, -0.15) is 13.2 Å². The average Bonchev–Trinajstić information content (AvgIpc) is 2.14.